The summed E-state index contributed by atoms with van der Waals surface area (Å²) >= 11 is 0. The lowest BCUT2D eigenvalue weighted by Crippen LogP contribution is -2.41. The van der Waals surface area contributed by atoms with Crippen LogP contribution in [0.15, 0.2) is 27.5 Å². The molecule has 7 nitrogen and oxygen atoms in total. The highest BCUT2D eigenvalue weighted by molar-refractivity contribution is 7.89. The zero-order valence-corrected chi connectivity index (χ0v) is 13.2. The largest absolute Gasteiger partial charge is 0.441 e. The molecule has 0 amide bonds. The predicted octanol–water partition coefficient (Wildman–Crippen LogP) is 0.747. The second-order valence-electron chi connectivity index (χ2n) is 5.21. The van der Waals surface area contributed by atoms with Crippen molar-refractivity contribution in [3.05, 3.63) is 24.1 Å². The SMILES string of the molecule is Cc1nc2cc(S(=O)(=O)NCCN3CCOCC3)ccc2o1. The number of hydrogen-bond donors (Lipinski definition) is 1. The predicted molar refractivity (Wildman–Crippen MR) is 81.2 cm³/mol. The molecule has 1 aliphatic heterocycles. The lowest BCUT2D eigenvalue weighted by molar-refractivity contribution is 0.0390. The number of benzene rings is 1. The van der Waals surface area contributed by atoms with Crippen LogP contribution >= 0.6 is 0 Å². The van der Waals surface area contributed by atoms with E-state index >= 15 is 0 Å². The first kappa shape index (κ1) is 15.4. The Morgan fingerprint density at radius 2 is 2.09 bits per heavy atom. The minimum atomic E-state index is -3.53. The Balaban J connectivity index is 1.65. The van der Waals surface area contributed by atoms with Gasteiger partial charge in [-0.15, -0.1) is 0 Å². The molecular formula is C14H19N3O4S. The van der Waals surface area contributed by atoms with Gasteiger partial charge < -0.3 is 9.15 Å². The minimum Gasteiger partial charge on any atom is -0.441 e. The van der Waals surface area contributed by atoms with Crippen molar-refractivity contribution in [1.82, 2.24) is 14.6 Å². The van der Waals surface area contributed by atoms with Crippen molar-refractivity contribution in [2.24, 2.45) is 0 Å². The molecule has 1 aromatic carbocycles. The first-order valence-corrected chi connectivity index (χ1v) is 8.70. The van der Waals surface area contributed by atoms with Gasteiger partial charge in [0.05, 0.1) is 18.1 Å². The van der Waals surface area contributed by atoms with Gasteiger partial charge in [-0.25, -0.2) is 18.1 Å². The van der Waals surface area contributed by atoms with E-state index in [4.69, 9.17) is 9.15 Å². The number of ether oxygens (including phenoxy) is 1. The van der Waals surface area contributed by atoms with Crippen LogP contribution < -0.4 is 4.72 Å². The monoisotopic (exact) mass is 325 g/mol. The molecule has 0 saturated carbocycles. The number of fused-ring (bicyclic) bond motifs is 1. The van der Waals surface area contributed by atoms with Gasteiger partial charge in [-0.2, -0.15) is 0 Å². The van der Waals surface area contributed by atoms with Gasteiger partial charge in [-0.3, -0.25) is 4.90 Å². The molecule has 1 aliphatic rings. The topological polar surface area (TPSA) is 84.7 Å². The molecule has 1 fully saturated rings. The molecule has 0 bridgehead atoms. The summed E-state index contributed by atoms with van der Waals surface area (Å²) in [6.07, 6.45) is 0. The van der Waals surface area contributed by atoms with Crippen LogP contribution in [0.3, 0.4) is 0 Å². The number of rotatable bonds is 5. The van der Waals surface area contributed by atoms with Crippen LogP contribution in [0.4, 0.5) is 0 Å². The third-order valence-electron chi connectivity index (χ3n) is 3.60. The van der Waals surface area contributed by atoms with Gasteiger partial charge in [0.1, 0.15) is 5.52 Å². The Hall–Kier alpha value is -1.48. The molecule has 1 N–H and O–H groups in total. The van der Waals surface area contributed by atoms with Crippen molar-refractivity contribution in [3.8, 4) is 0 Å². The highest BCUT2D eigenvalue weighted by atomic mass is 32.2. The van der Waals surface area contributed by atoms with E-state index in [2.05, 4.69) is 14.6 Å². The van der Waals surface area contributed by atoms with E-state index in [0.29, 0.717) is 43.3 Å². The van der Waals surface area contributed by atoms with Gasteiger partial charge in [0, 0.05) is 33.1 Å². The van der Waals surface area contributed by atoms with Gasteiger partial charge >= 0.3 is 0 Å². The van der Waals surface area contributed by atoms with Crippen LogP contribution in [0, 0.1) is 6.92 Å². The van der Waals surface area contributed by atoms with Gasteiger partial charge in [-0.05, 0) is 18.2 Å². The summed E-state index contributed by atoms with van der Waals surface area (Å²) in [6, 6.07) is 4.69. The molecule has 1 aromatic heterocycles. The van der Waals surface area contributed by atoms with Crippen LogP contribution in [0.2, 0.25) is 0 Å². The minimum absolute atomic E-state index is 0.204. The summed E-state index contributed by atoms with van der Waals surface area (Å²) in [5.74, 6) is 0.518. The van der Waals surface area contributed by atoms with Gasteiger partial charge in [-0.1, -0.05) is 0 Å². The Labute approximate surface area is 129 Å². The van der Waals surface area contributed by atoms with Gasteiger partial charge in [0.25, 0.3) is 0 Å². The number of nitrogens with zero attached hydrogens (tertiary/aromatic N) is 2. The normalized spacial score (nSPS) is 17.1. The zero-order valence-electron chi connectivity index (χ0n) is 12.4. The van der Waals surface area contributed by atoms with E-state index < -0.39 is 10.0 Å². The highest BCUT2D eigenvalue weighted by Crippen LogP contribution is 2.19. The summed E-state index contributed by atoms with van der Waals surface area (Å²) in [5, 5.41) is 0. The number of sulfonamides is 1. The van der Waals surface area contributed by atoms with Crippen LogP contribution in [0.1, 0.15) is 5.89 Å². The van der Waals surface area contributed by atoms with Crippen molar-refractivity contribution in [1.29, 1.82) is 0 Å². The number of nitrogens with one attached hydrogen (secondary N) is 1. The third-order valence-corrected chi connectivity index (χ3v) is 5.06. The van der Waals surface area contributed by atoms with E-state index in [1.807, 2.05) is 0 Å². The van der Waals surface area contributed by atoms with E-state index in [0.717, 1.165) is 13.1 Å². The molecule has 0 atom stereocenters. The molecule has 8 heteroatoms. The summed E-state index contributed by atoms with van der Waals surface area (Å²) in [6.45, 7) is 5.86. The van der Waals surface area contributed by atoms with Crippen LogP contribution in [-0.2, 0) is 14.8 Å². The van der Waals surface area contributed by atoms with E-state index in [1.165, 1.54) is 12.1 Å². The lowest BCUT2D eigenvalue weighted by Gasteiger charge is -2.26. The summed E-state index contributed by atoms with van der Waals surface area (Å²) in [5.41, 5.74) is 1.14. The Bertz CT molecular complexity index is 751. The summed E-state index contributed by atoms with van der Waals surface area (Å²) in [7, 11) is -3.53. The molecule has 0 unspecified atom stereocenters. The number of oxazole rings is 1. The Morgan fingerprint density at radius 3 is 2.86 bits per heavy atom. The van der Waals surface area contributed by atoms with E-state index in [-0.39, 0.29) is 4.90 Å². The van der Waals surface area contributed by atoms with Gasteiger partial charge in [0.15, 0.2) is 11.5 Å². The number of aryl methyl sites for hydroxylation is 1. The van der Waals surface area contributed by atoms with Gasteiger partial charge in [0.2, 0.25) is 10.0 Å². The number of aromatic nitrogens is 1. The first-order chi connectivity index (χ1) is 10.5. The van der Waals surface area contributed by atoms with E-state index in [9.17, 15) is 8.42 Å². The summed E-state index contributed by atoms with van der Waals surface area (Å²) < 4.78 is 37.9. The molecule has 2 heterocycles. The standard InChI is InChI=1S/C14H19N3O4S/c1-11-16-13-10-12(2-3-14(13)21-11)22(18,19)15-4-5-17-6-8-20-9-7-17/h2-3,10,15H,4-9H2,1H3. The quantitative estimate of drug-likeness (QED) is 0.873. The highest BCUT2D eigenvalue weighted by Gasteiger charge is 2.17. The average molecular weight is 325 g/mol. The average Bonchev–Trinajstić information content (AvgIpc) is 2.87. The molecule has 0 spiro atoms. The second-order valence-corrected chi connectivity index (χ2v) is 6.98. The van der Waals surface area contributed by atoms with Crippen molar-refractivity contribution < 1.29 is 17.6 Å². The summed E-state index contributed by atoms with van der Waals surface area (Å²) in [4.78, 5) is 6.54. The van der Waals surface area contributed by atoms with Crippen molar-refractivity contribution in [2.45, 2.75) is 11.8 Å². The molecule has 1 saturated heterocycles. The number of hydrogen-bond acceptors (Lipinski definition) is 6. The Kier molecular flexibility index (Phi) is 4.44. The van der Waals surface area contributed by atoms with E-state index in [1.54, 1.807) is 13.0 Å². The van der Waals surface area contributed by atoms with Crippen LogP contribution in [-0.4, -0.2) is 57.7 Å². The molecule has 2 aromatic rings. The smallest absolute Gasteiger partial charge is 0.240 e. The maximum absolute atomic E-state index is 12.3. The molecular weight excluding hydrogens is 306 g/mol. The second kappa shape index (κ2) is 6.33. The number of morpholine rings is 1. The van der Waals surface area contributed by atoms with Crippen molar-refractivity contribution in [3.63, 3.8) is 0 Å². The van der Waals surface area contributed by atoms with Crippen molar-refractivity contribution in [2.75, 3.05) is 39.4 Å². The zero-order chi connectivity index (χ0) is 15.6. The third kappa shape index (κ3) is 3.46. The maximum atomic E-state index is 12.3. The molecule has 22 heavy (non-hydrogen) atoms. The lowest BCUT2D eigenvalue weighted by atomic mass is 10.3. The first-order valence-electron chi connectivity index (χ1n) is 7.21. The van der Waals surface area contributed by atoms with Crippen LogP contribution in [0.25, 0.3) is 11.1 Å². The fourth-order valence-corrected chi connectivity index (χ4v) is 3.48. The van der Waals surface area contributed by atoms with Crippen molar-refractivity contribution >= 4 is 21.1 Å². The Morgan fingerprint density at radius 1 is 1.32 bits per heavy atom. The fourth-order valence-electron chi connectivity index (χ4n) is 2.44. The molecule has 0 aliphatic carbocycles. The fraction of sp³-hybridized carbons (Fsp3) is 0.500. The van der Waals surface area contributed by atoms with Crippen LogP contribution in [0.5, 0.6) is 0 Å². The molecule has 0 radical (unpaired) electrons. The molecule has 120 valence electrons. The molecule has 3 rings (SSSR count). The maximum Gasteiger partial charge on any atom is 0.240 e.